The fourth-order valence-corrected chi connectivity index (χ4v) is 2.58. The van der Waals surface area contributed by atoms with Gasteiger partial charge in [-0.1, -0.05) is 19.4 Å². The molecule has 0 aromatic heterocycles. The maximum atomic E-state index is 13.6. The molecule has 0 saturated heterocycles. The van der Waals surface area contributed by atoms with Crippen LogP contribution in [0.2, 0.25) is 0 Å². The molecule has 2 rings (SSSR count). The van der Waals surface area contributed by atoms with Crippen molar-refractivity contribution in [2.24, 2.45) is 0 Å². The van der Waals surface area contributed by atoms with Gasteiger partial charge in [-0.3, -0.25) is 10.1 Å². The molecule has 0 unspecified atom stereocenters. The van der Waals surface area contributed by atoms with Gasteiger partial charge in [-0.25, -0.2) is 0 Å². The lowest BCUT2D eigenvalue weighted by molar-refractivity contribution is -0.387. The van der Waals surface area contributed by atoms with Gasteiger partial charge in [0.05, 0.1) is 4.92 Å². The molecule has 0 spiro atoms. The van der Waals surface area contributed by atoms with Crippen LogP contribution in [0.4, 0.5) is 40.9 Å². The average Bonchev–Trinajstić information content (AvgIpc) is 2.43. The number of benzene rings is 2. The SMILES string of the molecule is CN(c1ccc(S(F)(F)(F)(F)F)cc1)c1ccc([N+](=O)[O-])c(F)c1. The van der Waals surface area contributed by atoms with Gasteiger partial charge in [0, 0.05) is 30.6 Å². The van der Waals surface area contributed by atoms with Gasteiger partial charge in [-0.15, -0.1) is 0 Å². The summed E-state index contributed by atoms with van der Waals surface area (Å²) in [4.78, 5) is 8.77. The van der Waals surface area contributed by atoms with Gasteiger partial charge < -0.3 is 4.90 Å². The van der Waals surface area contributed by atoms with Crippen LogP contribution >= 0.6 is 10.2 Å². The number of hydrogen-bond acceptors (Lipinski definition) is 3. The third-order valence-electron chi connectivity index (χ3n) is 3.18. The van der Waals surface area contributed by atoms with Gasteiger partial charge in [0.1, 0.15) is 4.90 Å². The molecule has 0 fully saturated rings. The third kappa shape index (κ3) is 3.72. The molecule has 0 N–H and O–H groups in total. The molecule has 132 valence electrons. The Morgan fingerprint density at radius 3 is 1.88 bits per heavy atom. The van der Waals surface area contributed by atoms with Crippen LogP contribution in [0.1, 0.15) is 0 Å². The molecular weight excluding hydrogens is 362 g/mol. The monoisotopic (exact) mass is 372 g/mol. The van der Waals surface area contributed by atoms with Gasteiger partial charge in [0.2, 0.25) is 5.82 Å². The summed E-state index contributed by atoms with van der Waals surface area (Å²) >= 11 is 0. The van der Waals surface area contributed by atoms with Crippen molar-refractivity contribution >= 4 is 27.3 Å². The standard InChI is InChI=1S/C13H10F6N2O2S/c1-20(10-4-7-13(21(22)23)12(14)8-10)9-2-5-11(6-3-9)24(15,16,17,18)19/h2-8H,1H3. The van der Waals surface area contributed by atoms with E-state index >= 15 is 0 Å². The van der Waals surface area contributed by atoms with Crippen molar-refractivity contribution in [2.75, 3.05) is 11.9 Å². The van der Waals surface area contributed by atoms with E-state index in [1.165, 1.54) is 18.0 Å². The van der Waals surface area contributed by atoms with Gasteiger partial charge >= 0.3 is 15.9 Å². The Hall–Kier alpha value is -2.43. The average molecular weight is 372 g/mol. The first-order valence-corrected chi connectivity index (χ1v) is 8.16. The van der Waals surface area contributed by atoms with Crippen molar-refractivity contribution in [2.45, 2.75) is 4.90 Å². The number of nitro benzene ring substituents is 1. The van der Waals surface area contributed by atoms with E-state index < -0.39 is 31.5 Å². The zero-order valence-corrected chi connectivity index (χ0v) is 12.7. The van der Waals surface area contributed by atoms with Crippen molar-refractivity contribution < 1.29 is 28.7 Å². The van der Waals surface area contributed by atoms with E-state index in [-0.39, 0.29) is 23.5 Å². The lowest BCUT2D eigenvalue weighted by atomic mass is 10.2. The van der Waals surface area contributed by atoms with Crippen molar-refractivity contribution in [1.82, 2.24) is 0 Å². The first kappa shape index (κ1) is 17.9. The van der Waals surface area contributed by atoms with E-state index in [0.717, 1.165) is 24.3 Å². The minimum absolute atomic E-state index is 0.0638. The first-order valence-electron chi connectivity index (χ1n) is 6.21. The largest absolute Gasteiger partial charge is 0.345 e. The van der Waals surface area contributed by atoms with Crippen LogP contribution < -0.4 is 4.90 Å². The summed E-state index contributed by atoms with van der Waals surface area (Å²) in [5.41, 5.74) is -0.601. The molecule has 2 aromatic carbocycles. The van der Waals surface area contributed by atoms with Crippen molar-refractivity contribution in [1.29, 1.82) is 0 Å². The molecular formula is C13H10F6N2O2S. The smallest absolute Gasteiger partial charge is 0.310 e. The zero-order chi connectivity index (χ0) is 18.4. The van der Waals surface area contributed by atoms with Crippen LogP contribution in [-0.4, -0.2) is 12.0 Å². The highest BCUT2D eigenvalue weighted by Crippen LogP contribution is 3.02. The highest BCUT2D eigenvalue weighted by atomic mass is 32.5. The van der Waals surface area contributed by atoms with E-state index in [0.29, 0.717) is 0 Å². The molecule has 0 aliphatic carbocycles. The predicted molar refractivity (Wildman–Crippen MR) is 79.0 cm³/mol. The Balaban J connectivity index is 2.37. The Kier molecular flexibility index (Phi) is 3.57. The van der Waals surface area contributed by atoms with Crippen LogP contribution in [0.5, 0.6) is 0 Å². The van der Waals surface area contributed by atoms with E-state index in [1.807, 2.05) is 0 Å². The van der Waals surface area contributed by atoms with E-state index in [9.17, 15) is 33.9 Å². The summed E-state index contributed by atoms with van der Waals surface area (Å²) in [7, 11) is -8.42. The number of nitro groups is 1. The van der Waals surface area contributed by atoms with E-state index in [1.54, 1.807) is 0 Å². The van der Waals surface area contributed by atoms with Gasteiger partial charge in [0.25, 0.3) is 0 Å². The highest BCUT2D eigenvalue weighted by Gasteiger charge is 2.65. The molecule has 0 saturated carbocycles. The summed E-state index contributed by atoms with van der Waals surface area (Å²) < 4.78 is 76.8. The summed E-state index contributed by atoms with van der Waals surface area (Å²) in [5.74, 6) is -1.13. The Labute approximate surface area is 132 Å². The second-order valence-electron chi connectivity index (χ2n) is 4.91. The van der Waals surface area contributed by atoms with Crippen LogP contribution in [0.25, 0.3) is 0 Å². The summed E-state index contributed by atoms with van der Waals surface area (Å²) in [6.07, 6.45) is 0. The number of anilines is 2. The topological polar surface area (TPSA) is 46.4 Å². The molecule has 2 aromatic rings. The van der Waals surface area contributed by atoms with E-state index in [2.05, 4.69) is 0 Å². The quantitative estimate of drug-likeness (QED) is 0.367. The first-order chi connectivity index (χ1) is 10.7. The van der Waals surface area contributed by atoms with Crippen LogP contribution in [0.15, 0.2) is 47.4 Å². The molecule has 0 aliphatic heterocycles. The molecule has 4 nitrogen and oxygen atoms in total. The Morgan fingerprint density at radius 1 is 0.958 bits per heavy atom. The number of halogens is 6. The molecule has 24 heavy (non-hydrogen) atoms. The molecule has 0 amide bonds. The Morgan fingerprint density at radius 2 is 1.46 bits per heavy atom. The van der Waals surface area contributed by atoms with Crippen molar-refractivity contribution in [3.8, 4) is 0 Å². The second-order valence-corrected chi connectivity index (χ2v) is 7.32. The van der Waals surface area contributed by atoms with Gasteiger partial charge in [-0.05, 0) is 30.3 Å². The normalized spacial score (nSPS) is 14.6. The molecule has 0 heterocycles. The molecule has 0 aliphatic rings. The van der Waals surface area contributed by atoms with Crippen LogP contribution in [0.3, 0.4) is 0 Å². The maximum absolute atomic E-state index is 13.6. The van der Waals surface area contributed by atoms with Gasteiger partial charge in [0.15, 0.2) is 0 Å². The summed E-state index contributed by atoms with van der Waals surface area (Å²) in [6.45, 7) is 0. The summed E-state index contributed by atoms with van der Waals surface area (Å²) in [5, 5.41) is 10.5. The van der Waals surface area contributed by atoms with Crippen LogP contribution in [-0.2, 0) is 0 Å². The van der Waals surface area contributed by atoms with Gasteiger partial charge in [-0.2, -0.15) is 4.39 Å². The maximum Gasteiger partial charge on any atom is 0.310 e. The zero-order valence-electron chi connectivity index (χ0n) is 11.9. The van der Waals surface area contributed by atoms with Crippen molar-refractivity contribution in [3.63, 3.8) is 0 Å². The number of rotatable bonds is 4. The minimum atomic E-state index is -9.76. The lowest BCUT2D eigenvalue weighted by Gasteiger charge is -2.40. The highest BCUT2D eigenvalue weighted by molar-refractivity contribution is 8.45. The number of hydrogen-bond donors (Lipinski definition) is 0. The molecule has 0 bridgehead atoms. The minimum Gasteiger partial charge on any atom is -0.345 e. The predicted octanol–water partition coefficient (Wildman–Crippen LogP) is 6.16. The fourth-order valence-electron chi connectivity index (χ4n) is 1.93. The van der Waals surface area contributed by atoms with Crippen molar-refractivity contribution in [3.05, 3.63) is 58.4 Å². The molecule has 0 radical (unpaired) electrons. The number of nitrogens with zero attached hydrogens (tertiary/aromatic N) is 2. The third-order valence-corrected chi connectivity index (χ3v) is 4.35. The summed E-state index contributed by atoms with van der Waals surface area (Å²) in [6, 6.07) is 4.95. The fraction of sp³-hybridized carbons (Fsp3) is 0.0769. The Bertz CT molecular complexity index is 808. The van der Waals surface area contributed by atoms with E-state index in [4.69, 9.17) is 0 Å². The lowest BCUT2D eigenvalue weighted by Crippen LogP contribution is -2.11. The molecule has 11 heteroatoms. The second kappa shape index (κ2) is 4.79. The molecule has 0 atom stereocenters. The van der Waals surface area contributed by atoms with Crippen LogP contribution in [0, 0.1) is 15.9 Å².